The van der Waals surface area contributed by atoms with Gasteiger partial charge < -0.3 is 19.5 Å². The maximum atomic E-state index is 13.1. The van der Waals surface area contributed by atoms with Gasteiger partial charge in [0.15, 0.2) is 11.5 Å². The van der Waals surface area contributed by atoms with Gasteiger partial charge in [0.2, 0.25) is 0 Å². The van der Waals surface area contributed by atoms with Gasteiger partial charge in [-0.1, -0.05) is 0 Å². The van der Waals surface area contributed by atoms with Crippen molar-refractivity contribution in [3.8, 4) is 17.2 Å². The lowest BCUT2D eigenvalue weighted by Crippen LogP contribution is -2.23. The Labute approximate surface area is 147 Å². The van der Waals surface area contributed by atoms with E-state index in [9.17, 15) is 9.18 Å². The first-order valence-electron chi connectivity index (χ1n) is 7.02. The van der Waals surface area contributed by atoms with E-state index in [-0.39, 0.29) is 12.5 Å². The van der Waals surface area contributed by atoms with E-state index in [1.165, 1.54) is 39.5 Å². The smallest absolute Gasteiger partial charge is 0.252 e. The Morgan fingerprint density at radius 3 is 2.25 bits per heavy atom. The van der Waals surface area contributed by atoms with Crippen LogP contribution in [0.25, 0.3) is 0 Å². The Balaban J connectivity index is 2.20. The quantitative estimate of drug-likeness (QED) is 0.809. The van der Waals surface area contributed by atoms with Gasteiger partial charge in [-0.15, -0.1) is 0 Å². The molecule has 0 bridgehead atoms. The molecule has 0 aliphatic heterocycles. The lowest BCUT2D eigenvalue weighted by Gasteiger charge is -2.15. The minimum Gasteiger partial charge on any atom is -0.496 e. The summed E-state index contributed by atoms with van der Waals surface area (Å²) >= 11 is 3.18. The summed E-state index contributed by atoms with van der Waals surface area (Å²) in [6, 6.07) is 7.31. The van der Waals surface area contributed by atoms with Crippen molar-refractivity contribution in [2.24, 2.45) is 0 Å². The lowest BCUT2D eigenvalue weighted by atomic mass is 10.1. The normalized spacial score (nSPS) is 10.2. The number of carbonyl (C=O) groups excluding carboxylic acids is 1. The Kier molecular flexibility index (Phi) is 6.03. The number of rotatable bonds is 6. The number of hydrogen-bond acceptors (Lipinski definition) is 4. The molecular formula is C17H17BrFNO4. The zero-order valence-corrected chi connectivity index (χ0v) is 15.1. The molecule has 0 aliphatic rings. The summed E-state index contributed by atoms with van der Waals surface area (Å²) in [7, 11) is 4.59. The largest absolute Gasteiger partial charge is 0.496 e. The number of benzene rings is 2. The van der Waals surface area contributed by atoms with E-state index in [4.69, 9.17) is 14.2 Å². The van der Waals surface area contributed by atoms with Crippen LogP contribution in [0.2, 0.25) is 0 Å². The second kappa shape index (κ2) is 8.01. The van der Waals surface area contributed by atoms with Gasteiger partial charge in [-0.2, -0.15) is 0 Å². The van der Waals surface area contributed by atoms with E-state index in [1.807, 2.05) is 0 Å². The fourth-order valence-electron chi connectivity index (χ4n) is 2.17. The average Bonchev–Trinajstić information content (AvgIpc) is 2.58. The summed E-state index contributed by atoms with van der Waals surface area (Å²) in [6.45, 7) is 0.214. The molecule has 0 unspecified atom stereocenters. The van der Waals surface area contributed by atoms with Gasteiger partial charge in [-0.3, -0.25) is 4.79 Å². The number of nitrogens with one attached hydrogen (secondary N) is 1. The van der Waals surface area contributed by atoms with Crippen molar-refractivity contribution in [3.05, 3.63) is 51.7 Å². The highest BCUT2D eigenvalue weighted by molar-refractivity contribution is 9.10. The third kappa shape index (κ3) is 3.97. The summed E-state index contributed by atoms with van der Waals surface area (Å²) in [5.41, 5.74) is 1.07. The van der Waals surface area contributed by atoms with E-state index in [1.54, 1.807) is 12.1 Å². The summed E-state index contributed by atoms with van der Waals surface area (Å²) in [4.78, 5) is 12.3. The zero-order valence-electron chi connectivity index (χ0n) is 13.5. The molecule has 1 N–H and O–H groups in total. The molecule has 2 aromatic carbocycles. The van der Waals surface area contributed by atoms with Crippen molar-refractivity contribution >= 4 is 21.8 Å². The van der Waals surface area contributed by atoms with Gasteiger partial charge in [-0.05, 0) is 40.2 Å². The molecule has 0 saturated heterocycles. The summed E-state index contributed by atoms with van der Waals surface area (Å²) in [5.74, 6) is 0.876. The SMILES string of the molecule is COc1cc(OC)c(OC)cc1CNC(=O)c1ccc(F)cc1Br. The van der Waals surface area contributed by atoms with Crippen LogP contribution in [-0.4, -0.2) is 27.2 Å². The van der Waals surface area contributed by atoms with Crippen LogP contribution in [0, 0.1) is 5.82 Å². The molecule has 0 aliphatic carbocycles. The number of amides is 1. The predicted molar refractivity (Wildman–Crippen MR) is 91.4 cm³/mol. The number of hydrogen-bond donors (Lipinski definition) is 1. The predicted octanol–water partition coefficient (Wildman–Crippen LogP) is 3.54. The zero-order chi connectivity index (χ0) is 17.7. The molecule has 2 aromatic rings. The van der Waals surface area contributed by atoms with E-state index in [0.29, 0.717) is 27.3 Å². The van der Waals surface area contributed by atoms with Crippen molar-refractivity contribution in [2.45, 2.75) is 6.54 Å². The van der Waals surface area contributed by atoms with Crippen molar-refractivity contribution in [1.82, 2.24) is 5.32 Å². The standard InChI is InChI=1S/C17H17BrFNO4/c1-22-14-8-16(24-3)15(23-2)6-10(14)9-20-17(21)12-5-4-11(19)7-13(12)18/h4-8H,9H2,1-3H3,(H,20,21). The summed E-state index contributed by atoms with van der Waals surface area (Å²) in [5, 5.41) is 2.77. The maximum absolute atomic E-state index is 13.1. The molecule has 0 radical (unpaired) electrons. The highest BCUT2D eigenvalue weighted by Crippen LogP contribution is 2.34. The van der Waals surface area contributed by atoms with E-state index >= 15 is 0 Å². The molecule has 0 atom stereocenters. The number of ether oxygens (including phenoxy) is 3. The molecule has 2 rings (SSSR count). The fraction of sp³-hybridized carbons (Fsp3) is 0.235. The van der Waals surface area contributed by atoms with Gasteiger partial charge in [0.05, 0.1) is 26.9 Å². The summed E-state index contributed by atoms with van der Waals surface area (Å²) in [6.07, 6.45) is 0. The van der Waals surface area contributed by atoms with Crippen LogP contribution in [0.5, 0.6) is 17.2 Å². The third-order valence-corrected chi connectivity index (χ3v) is 4.06. The monoisotopic (exact) mass is 397 g/mol. The van der Waals surface area contributed by atoms with E-state index in [2.05, 4.69) is 21.2 Å². The Morgan fingerprint density at radius 2 is 1.67 bits per heavy atom. The second-order valence-electron chi connectivity index (χ2n) is 4.83. The van der Waals surface area contributed by atoms with Crippen LogP contribution >= 0.6 is 15.9 Å². The molecule has 0 spiro atoms. The van der Waals surface area contributed by atoms with Crippen LogP contribution in [0.1, 0.15) is 15.9 Å². The van der Waals surface area contributed by atoms with Crippen LogP contribution in [0.3, 0.4) is 0 Å². The van der Waals surface area contributed by atoms with Crippen LogP contribution in [0.4, 0.5) is 4.39 Å². The molecule has 1 amide bonds. The first-order chi connectivity index (χ1) is 11.5. The topological polar surface area (TPSA) is 56.8 Å². The summed E-state index contributed by atoms with van der Waals surface area (Å²) < 4.78 is 29.3. The molecule has 0 aromatic heterocycles. The van der Waals surface area contributed by atoms with Crippen LogP contribution in [0.15, 0.2) is 34.8 Å². The maximum Gasteiger partial charge on any atom is 0.252 e. The van der Waals surface area contributed by atoms with Gasteiger partial charge in [0.1, 0.15) is 11.6 Å². The molecule has 0 saturated carbocycles. The number of carbonyl (C=O) groups is 1. The lowest BCUT2D eigenvalue weighted by molar-refractivity contribution is 0.0950. The van der Waals surface area contributed by atoms with Crippen molar-refractivity contribution in [2.75, 3.05) is 21.3 Å². The second-order valence-corrected chi connectivity index (χ2v) is 5.68. The minimum absolute atomic E-state index is 0.214. The molecule has 128 valence electrons. The van der Waals surface area contributed by atoms with Crippen LogP contribution < -0.4 is 19.5 Å². The fourth-order valence-corrected chi connectivity index (χ4v) is 2.71. The molecular weight excluding hydrogens is 381 g/mol. The number of halogens is 2. The van der Waals surface area contributed by atoms with Crippen molar-refractivity contribution < 1.29 is 23.4 Å². The minimum atomic E-state index is -0.417. The van der Waals surface area contributed by atoms with E-state index in [0.717, 1.165) is 5.56 Å². The van der Waals surface area contributed by atoms with E-state index < -0.39 is 5.82 Å². The van der Waals surface area contributed by atoms with Gasteiger partial charge >= 0.3 is 0 Å². The first kappa shape index (κ1) is 18.1. The molecule has 7 heteroatoms. The van der Waals surface area contributed by atoms with Gasteiger partial charge in [0.25, 0.3) is 5.91 Å². The Hall–Kier alpha value is -2.28. The highest BCUT2D eigenvalue weighted by atomic mass is 79.9. The molecule has 0 heterocycles. The Bertz CT molecular complexity index is 752. The third-order valence-electron chi connectivity index (χ3n) is 3.40. The molecule has 0 fully saturated rings. The molecule has 5 nitrogen and oxygen atoms in total. The van der Waals surface area contributed by atoms with Crippen molar-refractivity contribution in [3.63, 3.8) is 0 Å². The molecule has 24 heavy (non-hydrogen) atoms. The van der Waals surface area contributed by atoms with Gasteiger partial charge in [0, 0.05) is 22.6 Å². The highest BCUT2D eigenvalue weighted by Gasteiger charge is 2.14. The number of methoxy groups -OCH3 is 3. The average molecular weight is 398 g/mol. The first-order valence-corrected chi connectivity index (χ1v) is 7.81. The van der Waals surface area contributed by atoms with Gasteiger partial charge in [-0.25, -0.2) is 4.39 Å². The van der Waals surface area contributed by atoms with Crippen molar-refractivity contribution in [1.29, 1.82) is 0 Å². The van der Waals surface area contributed by atoms with Crippen LogP contribution in [-0.2, 0) is 6.54 Å². The Morgan fingerprint density at radius 1 is 1.04 bits per heavy atom.